The van der Waals surface area contributed by atoms with Crippen LogP contribution in [0.2, 0.25) is 0 Å². The molecule has 0 unspecified atom stereocenters. The van der Waals surface area contributed by atoms with Gasteiger partial charge in [0.25, 0.3) is 0 Å². The van der Waals surface area contributed by atoms with Crippen molar-refractivity contribution in [3.63, 3.8) is 0 Å². The van der Waals surface area contributed by atoms with Crippen molar-refractivity contribution >= 4 is 17.7 Å². The molecule has 0 fully saturated rings. The van der Waals surface area contributed by atoms with Crippen LogP contribution in [0.3, 0.4) is 0 Å². The lowest BCUT2D eigenvalue weighted by molar-refractivity contribution is -0.143. The Hall–Kier alpha value is -3.45. The molecule has 5 nitrogen and oxygen atoms in total. The van der Waals surface area contributed by atoms with Gasteiger partial charge < -0.3 is 9.64 Å². The van der Waals surface area contributed by atoms with Crippen LogP contribution in [-0.4, -0.2) is 29.5 Å². The maximum absolute atomic E-state index is 13.6. The molecular formula is C26H25F9N2O3. The molecule has 0 radical (unpaired) electrons. The van der Waals surface area contributed by atoms with E-state index in [1.165, 1.54) is 6.92 Å². The first kappa shape index (κ1) is 31.1. The Balaban J connectivity index is 2.20. The highest BCUT2D eigenvalue weighted by atomic mass is 19.4. The number of alkyl halides is 9. The van der Waals surface area contributed by atoms with Gasteiger partial charge >= 0.3 is 24.6 Å². The molecule has 2 aromatic carbocycles. The van der Waals surface area contributed by atoms with Crippen LogP contribution >= 0.6 is 0 Å². The highest BCUT2D eigenvalue weighted by molar-refractivity contribution is 5.90. The lowest BCUT2D eigenvalue weighted by Crippen LogP contribution is -2.48. The van der Waals surface area contributed by atoms with E-state index in [1.807, 2.05) is 0 Å². The average molecular weight is 584 g/mol. The number of halogens is 9. The number of carbonyl (C=O) groups is 2. The van der Waals surface area contributed by atoms with Gasteiger partial charge in [0.2, 0.25) is 5.91 Å². The summed E-state index contributed by atoms with van der Waals surface area (Å²) in [6.45, 7) is 3.40. The van der Waals surface area contributed by atoms with E-state index in [1.54, 1.807) is 6.92 Å². The first-order valence-electron chi connectivity index (χ1n) is 12.1. The fraction of sp³-hybridized carbons (Fsp3) is 0.462. The fourth-order valence-electron chi connectivity index (χ4n) is 4.74. The van der Waals surface area contributed by atoms with Crippen LogP contribution in [0, 0.1) is 0 Å². The third-order valence-corrected chi connectivity index (χ3v) is 6.55. The van der Waals surface area contributed by atoms with Gasteiger partial charge in [-0.1, -0.05) is 6.92 Å². The van der Waals surface area contributed by atoms with Crippen molar-refractivity contribution in [3.8, 4) is 0 Å². The molecule has 2 aromatic rings. The number of ether oxygens (including phenoxy) is 1. The van der Waals surface area contributed by atoms with E-state index in [-0.39, 0.29) is 36.8 Å². The standard InChI is InChI=1S/C26H25F9N2O3/c1-4-19-12-22(20-11-16(24(27,28)29)6-7-21(20)37(19)23(39)40-5-2)36(14(3)38)13-15-8-17(25(30,31)32)10-18(9-15)26(33,34)35/h6-11,19,22H,4-5,12-13H2,1-3H3/t19-,22+/m0/s1. The molecule has 0 spiro atoms. The molecule has 0 aliphatic carbocycles. The zero-order chi connectivity index (χ0) is 30.2. The normalized spacial score (nSPS) is 17.9. The lowest BCUT2D eigenvalue weighted by atomic mass is 9.87. The van der Waals surface area contributed by atoms with Gasteiger partial charge in [-0.3, -0.25) is 9.69 Å². The average Bonchev–Trinajstić information content (AvgIpc) is 2.84. The van der Waals surface area contributed by atoms with E-state index in [9.17, 15) is 49.1 Å². The molecule has 0 aromatic heterocycles. The molecule has 2 amide bonds. The zero-order valence-electron chi connectivity index (χ0n) is 21.5. The van der Waals surface area contributed by atoms with Crippen LogP contribution in [-0.2, 0) is 34.6 Å². The van der Waals surface area contributed by atoms with Gasteiger partial charge in [0.05, 0.1) is 35.0 Å². The van der Waals surface area contributed by atoms with Gasteiger partial charge in [-0.15, -0.1) is 0 Å². The van der Waals surface area contributed by atoms with Crippen molar-refractivity contribution < 1.29 is 53.8 Å². The topological polar surface area (TPSA) is 49.9 Å². The number of amides is 2. The molecule has 0 N–H and O–H groups in total. The van der Waals surface area contributed by atoms with Crippen LogP contribution in [0.4, 0.5) is 50.0 Å². The molecule has 1 heterocycles. The molecule has 0 bridgehead atoms. The van der Waals surface area contributed by atoms with E-state index < -0.39 is 71.4 Å². The number of benzene rings is 2. The predicted octanol–water partition coefficient (Wildman–Crippen LogP) is 7.98. The van der Waals surface area contributed by atoms with Gasteiger partial charge in [-0.05, 0) is 67.3 Å². The van der Waals surface area contributed by atoms with Gasteiger partial charge in [0, 0.05) is 19.5 Å². The van der Waals surface area contributed by atoms with Gasteiger partial charge in [0.15, 0.2) is 0 Å². The minimum absolute atomic E-state index is 0.0131. The van der Waals surface area contributed by atoms with Crippen molar-refractivity contribution in [1.29, 1.82) is 0 Å². The number of anilines is 1. The van der Waals surface area contributed by atoms with Crippen molar-refractivity contribution in [1.82, 2.24) is 4.90 Å². The summed E-state index contributed by atoms with van der Waals surface area (Å²) in [4.78, 5) is 27.6. The SMILES string of the molecule is CCOC(=O)N1c2ccc(C(F)(F)F)cc2[C@H](N(Cc2cc(C(F)(F)F)cc(C(F)(F)F)c2)C(C)=O)C[C@@H]1CC. The van der Waals surface area contributed by atoms with Crippen molar-refractivity contribution in [2.75, 3.05) is 11.5 Å². The molecule has 2 atom stereocenters. The molecule has 1 aliphatic heterocycles. The maximum Gasteiger partial charge on any atom is 0.416 e. The molecule has 0 saturated heterocycles. The number of hydrogen-bond donors (Lipinski definition) is 0. The highest BCUT2D eigenvalue weighted by Crippen LogP contribution is 2.45. The van der Waals surface area contributed by atoms with E-state index in [2.05, 4.69) is 0 Å². The molecule has 1 aliphatic rings. The second kappa shape index (κ2) is 11.2. The molecule has 3 rings (SSSR count). The Labute approximate surface area is 223 Å². The van der Waals surface area contributed by atoms with Gasteiger partial charge in [-0.2, -0.15) is 39.5 Å². The second-order valence-electron chi connectivity index (χ2n) is 9.21. The van der Waals surface area contributed by atoms with Crippen LogP contribution in [0.15, 0.2) is 36.4 Å². The zero-order valence-corrected chi connectivity index (χ0v) is 21.5. The minimum atomic E-state index is -5.14. The highest BCUT2D eigenvalue weighted by Gasteiger charge is 2.42. The molecule has 220 valence electrons. The number of hydrogen-bond acceptors (Lipinski definition) is 3. The summed E-state index contributed by atoms with van der Waals surface area (Å²) in [5.41, 5.74) is -4.98. The maximum atomic E-state index is 13.6. The van der Waals surface area contributed by atoms with E-state index in [0.717, 1.165) is 34.9 Å². The summed E-state index contributed by atoms with van der Waals surface area (Å²) in [5.74, 6) is -0.807. The predicted molar refractivity (Wildman–Crippen MR) is 125 cm³/mol. The lowest BCUT2D eigenvalue weighted by Gasteiger charge is -2.44. The third-order valence-electron chi connectivity index (χ3n) is 6.55. The molecule has 14 heteroatoms. The summed E-state index contributed by atoms with van der Waals surface area (Å²) >= 11 is 0. The van der Waals surface area contributed by atoms with Crippen LogP contribution in [0.5, 0.6) is 0 Å². The monoisotopic (exact) mass is 584 g/mol. The Morgan fingerprint density at radius 1 is 0.875 bits per heavy atom. The van der Waals surface area contributed by atoms with E-state index in [0.29, 0.717) is 12.1 Å². The van der Waals surface area contributed by atoms with Gasteiger partial charge in [0.1, 0.15) is 0 Å². The summed E-state index contributed by atoms with van der Waals surface area (Å²) in [7, 11) is 0. The van der Waals surface area contributed by atoms with E-state index in [4.69, 9.17) is 4.74 Å². The number of nitrogens with zero attached hydrogens (tertiary/aromatic N) is 2. The number of fused-ring (bicyclic) bond motifs is 1. The largest absolute Gasteiger partial charge is 0.449 e. The van der Waals surface area contributed by atoms with Crippen LogP contribution < -0.4 is 4.90 Å². The van der Waals surface area contributed by atoms with Crippen molar-refractivity contribution in [2.24, 2.45) is 0 Å². The molecular weight excluding hydrogens is 559 g/mol. The van der Waals surface area contributed by atoms with Crippen molar-refractivity contribution in [3.05, 3.63) is 64.2 Å². The first-order valence-corrected chi connectivity index (χ1v) is 12.1. The summed E-state index contributed by atoms with van der Waals surface area (Å²) in [6.07, 6.45) is -15.8. The molecule has 40 heavy (non-hydrogen) atoms. The Kier molecular flexibility index (Phi) is 8.70. The number of carbonyl (C=O) groups excluding carboxylic acids is 2. The number of rotatable bonds is 5. The first-order chi connectivity index (χ1) is 18.4. The fourth-order valence-corrected chi connectivity index (χ4v) is 4.74. The Bertz CT molecular complexity index is 1220. The van der Waals surface area contributed by atoms with Crippen LogP contribution in [0.1, 0.15) is 67.5 Å². The third kappa shape index (κ3) is 6.64. The summed E-state index contributed by atoms with van der Waals surface area (Å²) < 4.78 is 126. The summed E-state index contributed by atoms with van der Waals surface area (Å²) in [5, 5.41) is 0. The van der Waals surface area contributed by atoms with Crippen LogP contribution in [0.25, 0.3) is 0 Å². The summed E-state index contributed by atoms with van der Waals surface area (Å²) in [6, 6.07) is 1.44. The second-order valence-corrected chi connectivity index (χ2v) is 9.21. The quantitative estimate of drug-likeness (QED) is 0.335. The smallest absolute Gasteiger partial charge is 0.416 e. The molecule has 0 saturated carbocycles. The Morgan fingerprint density at radius 2 is 1.43 bits per heavy atom. The van der Waals surface area contributed by atoms with E-state index >= 15 is 0 Å². The van der Waals surface area contributed by atoms with Crippen molar-refractivity contribution in [2.45, 2.75) is 70.8 Å². The Morgan fingerprint density at radius 3 is 1.88 bits per heavy atom. The minimum Gasteiger partial charge on any atom is -0.449 e. The van der Waals surface area contributed by atoms with Gasteiger partial charge in [-0.25, -0.2) is 4.79 Å².